The van der Waals surface area contributed by atoms with Gasteiger partial charge in [0.05, 0.1) is 18.0 Å². The second-order valence-electron chi connectivity index (χ2n) is 6.14. The van der Waals surface area contributed by atoms with Crippen LogP contribution in [0.3, 0.4) is 0 Å². The Kier molecular flexibility index (Phi) is 3.84. The van der Waals surface area contributed by atoms with Crippen LogP contribution in [0.1, 0.15) is 30.9 Å². The Labute approximate surface area is 130 Å². The lowest BCUT2D eigenvalue weighted by molar-refractivity contribution is 0.253. The number of amides is 2. The molecule has 0 saturated heterocycles. The molecule has 0 spiro atoms. The van der Waals surface area contributed by atoms with Gasteiger partial charge in [-0.3, -0.25) is 0 Å². The third kappa shape index (κ3) is 2.96. The van der Waals surface area contributed by atoms with E-state index in [2.05, 4.69) is 49.3 Å². The van der Waals surface area contributed by atoms with E-state index < -0.39 is 0 Å². The summed E-state index contributed by atoms with van der Waals surface area (Å²) in [4.78, 5) is 15.3. The first kappa shape index (κ1) is 14.6. The van der Waals surface area contributed by atoms with Crippen molar-refractivity contribution in [1.29, 1.82) is 0 Å². The molecule has 114 valence electrons. The van der Waals surface area contributed by atoms with Crippen LogP contribution in [0.25, 0.3) is 0 Å². The molecule has 3 rings (SSSR count). The summed E-state index contributed by atoms with van der Waals surface area (Å²) >= 11 is 0. The first-order valence-corrected chi connectivity index (χ1v) is 7.56. The molecule has 22 heavy (non-hydrogen) atoms. The van der Waals surface area contributed by atoms with Crippen LogP contribution >= 0.6 is 0 Å². The van der Waals surface area contributed by atoms with Gasteiger partial charge in [-0.1, -0.05) is 37.6 Å². The number of aryl methyl sites for hydroxylation is 1. The predicted molar refractivity (Wildman–Crippen MR) is 87.4 cm³/mol. The van der Waals surface area contributed by atoms with E-state index in [-0.39, 0.29) is 11.9 Å². The molecule has 0 radical (unpaired) electrons. The van der Waals surface area contributed by atoms with E-state index in [1.165, 1.54) is 5.56 Å². The molecule has 4 nitrogen and oxygen atoms in total. The van der Waals surface area contributed by atoms with E-state index in [1.807, 2.05) is 18.2 Å². The van der Waals surface area contributed by atoms with E-state index in [0.29, 0.717) is 18.2 Å². The molecule has 1 unspecified atom stereocenters. The number of nitrogens with one attached hydrogen (secondary N) is 1. The summed E-state index contributed by atoms with van der Waals surface area (Å²) in [5.41, 5.74) is 3.80. The van der Waals surface area contributed by atoms with Crippen LogP contribution < -0.4 is 10.1 Å². The Morgan fingerprint density at radius 1 is 1.36 bits per heavy atom. The number of ether oxygens (including phenoxy) is 1. The van der Waals surface area contributed by atoms with E-state index in [0.717, 1.165) is 17.0 Å². The second kappa shape index (κ2) is 5.79. The first-order chi connectivity index (χ1) is 10.5. The number of allylic oxidation sites excluding steroid dienone is 3. The third-order valence-corrected chi connectivity index (χ3v) is 3.64. The Morgan fingerprint density at radius 2 is 2.18 bits per heavy atom. The molecule has 0 fully saturated rings. The summed E-state index contributed by atoms with van der Waals surface area (Å²) in [6, 6.07) is 5.92. The van der Waals surface area contributed by atoms with E-state index >= 15 is 0 Å². The summed E-state index contributed by atoms with van der Waals surface area (Å²) in [6.45, 7) is 7.02. The van der Waals surface area contributed by atoms with Crippen molar-refractivity contribution in [2.45, 2.75) is 26.7 Å². The van der Waals surface area contributed by atoms with Crippen molar-refractivity contribution in [1.82, 2.24) is 5.32 Å². The lowest BCUT2D eigenvalue weighted by Gasteiger charge is -2.19. The Balaban J connectivity index is 1.91. The van der Waals surface area contributed by atoms with E-state index in [4.69, 9.17) is 4.74 Å². The Bertz CT molecular complexity index is 699. The smallest absolute Gasteiger partial charge is 0.346 e. The molecule has 1 heterocycles. The molecule has 1 N–H and O–H groups in total. The van der Waals surface area contributed by atoms with Gasteiger partial charge in [-0.15, -0.1) is 0 Å². The number of hydrogen-bond donors (Lipinski definition) is 1. The van der Waals surface area contributed by atoms with Gasteiger partial charge in [0.2, 0.25) is 0 Å². The van der Waals surface area contributed by atoms with Crippen molar-refractivity contribution in [2.24, 2.45) is 10.9 Å². The highest BCUT2D eigenvalue weighted by atomic mass is 16.5. The average molecular weight is 296 g/mol. The van der Waals surface area contributed by atoms with Crippen molar-refractivity contribution in [2.75, 3.05) is 6.61 Å². The van der Waals surface area contributed by atoms with E-state index in [9.17, 15) is 4.79 Å². The van der Waals surface area contributed by atoms with Gasteiger partial charge in [-0.05, 0) is 31.1 Å². The van der Waals surface area contributed by atoms with Gasteiger partial charge < -0.3 is 10.1 Å². The fraction of sp³-hybridized carbons (Fsp3) is 0.333. The highest BCUT2D eigenvalue weighted by molar-refractivity contribution is 6.19. The number of aliphatic imine (C=N–C) groups is 1. The fourth-order valence-electron chi connectivity index (χ4n) is 2.57. The molecule has 1 atom stereocenters. The van der Waals surface area contributed by atoms with Crippen LogP contribution in [0.4, 0.5) is 4.79 Å². The van der Waals surface area contributed by atoms with Crippen LogP contribution in [0.15, 0.2) is 47.1 Å². The summed E-state index contributed by atoms with van der Waals surface area (Å²) in [6.07, 6.45) is 5.98. The number of rotatable bonds is 4. The first-order valence-electron chi connectivity index (χ1n) is 7.56. The van der Waals surface area contributed by atoms with Gasteiger partial charge in [-0.2, -0.15) is 4.99 Å². The zero-order chi connectivity index (χ0) is 15.7. The minimum atomic E-state index is -0.299. The third-order valence-electron chi connectivity index (χ3n) is 3.64. The van der Waals surface area contributed by atoms with Crippen LogP contribution in [-0.2, 0) is 0 Å². The maximum absolute atomic E-state index is 11.4. The summed E-state index contributed by atoms with van der Waals surface area (Å²) in [7, 11) is 0. The zero-order valence-electron chi connectivity index (χ0n) is 13.1. The number of urea groups is 1. The number of benzene rings is 1. The lowest BCUT2D eigenvalue weighted by Crippen LogP contribution is -2.17. The SMILES string of the molecule is Cc1ccc(OCC(C)C)c(C2C=CC3=NC(=O)NC3=C2)c1. The summed E-state index contributed by atoms with van der Waals surface area (Å²) < 4.78 is 5.96. The average Bonchev–Trinajstić information content (AvgIpc) is 2.84. The predicted octanol–water partition coefficient (Wildman–Crippen LogP) is 3.73. The van der Waals surface area contributed by atoms with Gasteiger partial charge in [0.1, 0.15) is 5.75 Å². The molecule has 4 heteroatoms. The maximum atomic E-state index is 11.4. The van der Waals surface area contributed by atoms with Crippen LogP contribution in [0.2, 0.25) is 0 Å². The second-order valence-corrected chi connectivity index (χ2v) is 6.14. The van der Waals surface area contributed by atoms with Crippen molar-refractivity contribution in [3.05, 3.63) is 53.3 Å². The van der Waals surface area contributed by atoms with Crippen molar-refractivity contribution in [3.8, 4) is 5.75 Å². The van der Waals surface area contributed by atoms with E-state index in [1.54, 1.807) is 0 Å². The number of nitrogens with zero attached hydrogens (tertiary/aromatic N) is 1. The fourth-order valence-corrected chi connectivity index (χ4v) is 2.57. The maximum Gasteiger partial charge on any atom is 0.346 e. The largest absolute Gasteiger partial charge is 0.493 e. The molecular formula is C18H20N2O2. The number of hydrogen-bond acceptors (Lipinski definition) is 2. The quantitative estimate of drug-likeness (QED) is 0.920. The highest BCUT2D eigenvalue weighted by Gasteiger charge is 2.24. The molecule has 0 bridgehead atoms. The normalized spacial score (nSPS) is 19.6. The lowest BCUT2D eigenvalue weighted by atomic mass is 9.91. The molecule has 0 aromatic heterocycles. The molecule has 2 amide bonds. The minimum absolute atomic E-state index is 0.0782. The monoisotopic (exact) mass is 296 g/mol. The van der Waals surface area contributed by atoms with Crippen molar-refractivity contribution >= 4 is 11.7 Å². The zero-order valence-corrected chi connectivity index (χ0v) is 13.1. The summed E-state index contributed by atoms with van der Waals surface area (Å²) in [5, 5.41) is 2.77. The van der Waals surface area contributed by atoms with Gasteiger partial charge >= 0.3 is 6.03 Å². The highest BCUT2D eigenvalue weighted by Crippen LogP contribution is 2.33. The topological polar surface area (TPSA) is 50.7 Å². The Hall–Kier alpha value is -2.36. The van der Waals surface area contributed by atoms with Gasteiger partial charge in [0, 0.05) is 11.5 Å². The standard InChI is InChI=1S/C18H20N2O2/c1-11(2)10-22-17-7-4-12(3)8-14(17)13-5-6-15-16(9-13)20-18(21)19-15/h4-9,11,13H,10H2,1-3H3,(H,20,21). The number of carbonyl (C=O) groups excluding carboxylic acids is 1. The van der Waals surface area contributed by atoms with Crippen LogP contribution in [0, 0.1) is 12.8 Å². The number of carbonyl (C=O) groups is 1. The molecule has 1 aromatic rings. The van der Waals surface area contributed by atoms with Gasteiger partial charge in [-0.25, -0.2) is 4.79 Å². The number of fused-ring (bicyclic) bond motifs is 1. The molecule has 1 aliphatic carbocycles. The van der Waals surface area contributed by atoms with Crippen molar-refractivity contribution in [3.63, 3.8) is 0 Å². The van der Waals surface area contributed by atoms with Crippen LogP contribution in [-0.4, -0.2) is 18.3 Å². The molecule has 1 aliphatic heterocycles. The van der Waals surface area contributed by atoms with Crippen LogP contribution in [0.5, 0.6) is 5.75 Å². The molecule has 1 aromatic carbocycles. The minimum Gasteiger partial charge on any atom is -0.493 e. The molecule has 2 aliphatic rings. The molecular weight excluding hydrogens is 276 g/mol. The molecule has 0 saturated carbocycles. The summed E-state index contributed by atoms with van der Waals surface area (Å²) in [5.74, 6) is 1.45. The Morgan fingerprint density at radius 3 is 2.95 bits per heavy atom. The van der Waals surface area contributed by atoms with Crippen molar-refractivity contribution < 1.29 is 9.53 Å². The van der Waals surface area contributed by atoms with Gasteiger partial charge in [0.25, 0.3) is 0 Å². The van der Waals surface area contributed by atoms with Gasteiger partial charge in [0.15, 0.2) is 0 Å².